The lowest BCUT2D eigenvalue weighted by Gasteiger charge is -2.27. The summed E-state index contributed by atoms with van der Waals surface area (Å²) in [6, 6.07) is 9.11. The number of hydrogen-bond donors (Lipinski definition) is 0. The quantitative estimate of drug-likeness (QED) is 0.371. The first-order valence-electron chi connectivity index (χ1n) is 9.66. The van der Waals surface area contributed by atoms with Crippen molar-refractivity contribution in [3.63, 3.8) is 0 Å². The second-order valence-electron chi connectivity index (χ2n) is 6.49. The Bertz CT molecular complexity index is 362. The lowest BCUT2D eigenvalue weighted by atomic mass is 10.0. The van der Waals surface area contributed by atoms with Crippen LogP contribution >= 0.6 is 0 Å². The molecule has 1 nitrogen and oxygen atoms in total. The lowest BCUT2D eigenvalue weighted by molar-refractivity contribution is 0.633. The SMILES string of the molecule is CCCCCc1ccccc1N(CCCCC)CCCCC. The van der Waals surface area contributed by atoms with Crippen molar-refractivity contribution in [2.75, 3.05) is 18.0 Å². The summed E-state index contributed by atoms with van der Waals surface area (Å²) in [6.07, 6.45) is 13.2. The normalized spacial score (nSPS) is 10.9. The Morgan fingerprint density at radius 2 is 1.23 bits per heavy atom. The molecule has 0 aliphatic rings. The Morgan fingerprint density at radius 3 is 1.82 bits per heavy atom. The van der Waals surface area contributed by atoms with Gasteiger partial charge >= 0.3 is 0 Å². The van der Waals surface area contributed by atoms with Crippen LogP contribution in [0.15, 0.2) is 24.3 Å². The van der Waals surface area contributed by atoms with Crippen molar-refractivity contribution in [2.24, 2.45) is 0 Å². The molecule has 1 aromatic rings. The van der Waals surface area contributed by atoms with E-state index in [1.165, 1.54) is 83.0 Å². The Balaban J connectivity index is 2.72. The maximum atomic E-state index is 2.66. The highest BCUT2D eigenvalue weighted by molar-refractivity contribution is 5.53. The molecule has 0 aliphatic heterocycles. The topological polar surface area (TPSA) is 3.24 Å². The van der Waals surface area contributed by atoms with E-state index in [2.05, 4.69) is 49.9 Å². The molecular weight excluding hydrogens is 266 g/mol. The fourth-order valence-corrected chi connectivity index (χ4v) is 3.05. The highest BCUT2D eigenvalue weighted by Crippen LogP contribution is 2.24. The van der Waals surface area contributed by atoms with E-state index in [9.17, 15) is 0 Å². The van der Waals surface area contributed by atoms with Crippen molar-refractivity contribution in [2.45, 2.75) is 85.0 Å². The molecular formula is C21H37N. The minimum atomic E-state index is 1.22. The molecule has 1 heteroatoms. The van der Waals surface area contributed by atoms with Crippen LogP contribution in [0.4, 0.5) is 5.69 Å². The van der Waals surface area contributed by atoms with Gasteiger partial charge in [-0.3, -0.25) is 0 Å². The highest BCUT2D eigenvalue weighted by atomic mass is 15.1. The molecule has 22 heavy (non-hydrogen) atoms. The molecule has 0 spiro atoms. The van der Waals surface area contributed by atoms with Gasteiger partial charge in [0.2, 0.25) is 0 Å². The van der Waals surface area contributed by atoms with Gasteiger partial charge in [0.15, 0.2) is 0 Å². The third-order valence-electron chi connectivity index (χ3n) is 4.45. The number of unbranched alkanes of at least 4 members (excludes halogenated alkanes) is 6. The molecule has 1 aromatic carbocycles. The van der Waals surface area contributed by atoms with Crippen molar-refractivity contribution in [3.05, 3.63) is 29.8 Å². The van der Waals surface area contributed by atoms with E-state index < -0.39 is 0 Å². The van der Waals surface area contributed by atoms with Gasteiger partial charge in [0, 0.05) is 18.8 Å². The second-order valence-corrected chi connectivity index (χ2v) is 6.49. The molecule has 0 aliphatic carbocycles. The van der Waals surface area contributed by atoms with Crippen LogP contribution in [-0.4, -0.2) is 13.1 Å². The molecule has 0 atom stereocenters. The predicted octanol–water partition coefficient (Wildman–Crippen LogP) is 6.61. The summed E-state index contributed by atoms with van der Waals surface area (Å²) in [4.78, 5) is 2.66. The van der Waals surface area contributed by atoms with Crippen LogP contribution in [-0.2, 0) is 6.42 Å². The van der Waals surface area contributed by atoms with Crippen LogP contribution in [0.25, 0.3) is 0 Å². The van der Waals surface area contributed by atoms with Gasteiger partial charge in [-0.1, -0.05) is 77.5 Å². The first kappa shape index (κ1) is 19.1. The monoisotopic (exact) mass is 303 g/mol. The van der Waals surface area contributed by atoms with Crippen LogP contribution in [0.2, 0.25) is 0 Å². The van der Waals surface area contributed by atoms with Crippen LogP contribution in [0, 0.1) is 0 Å². The zero-order valence-corrected chi connectivity index (χ0v) is 15.2. The summed E-state index contributed by atoms with van der Waals surface area (Å²) in [6.45, 7) is 9.32. The number of aryl methyl sites for hydroxylation is 1. The first-order chi connectivity index (χ1) is 10.8. The average Bonchev–Trinajstić information content (AvgIpc) is 2.55. The Morgan fingerprint density at radius 1 is 0.682 bits per heavy atom. The smallest absolute Gasteiger partial charge is 0.0398 e. The molecule has 0 unspecified atom stereocenters. The van der Waals surface area contributed by atoms with E-state index in [1.54, 1.807) is 5.56 Å². The summed E-state index contributed by atoms with van der Waals surface area (Å²) in [5.74, 6) is 0. The number of nitrogens with zero attached hydrogens (tertiary/aromatic N) is 1. The van der Waals surface area contributed by atoms with Crippen molar-refractivity contribution in [1.29, 1.82) is 0 Å². The van der Waals surface area contributed by atoms with E-state index >= 15 is 0 Å². The van der Waals surface area contributed by atoms with E-state index in [1.807, 2.05) is 0 Å². The molecule has 0 fully saturated rings. The number of benzene rings is 1. The van der Waals surface area contributed by atoms with Gasteiger partial charge in [0.25, 0.3) is 0 Å². The number of para-hydroxylation sites is 1. The zero-order valence-electron chi connectivity index (χ0n) is 15.2. The molecule has 126 valence electrons. The molecule has 0 bridgehead atoms. The third-order valence-corrected chi connectivity index (χ3v) is 4.45. The standard InChI is InChI=1S/C21H37N/c1-4-7-10-15-20-16-11-12-17-21(20)22(18-13-8-5-2)19-14-9-6-3/h11-12,16-17H,4-10,13-15,18-19H2,1-3H3. The zero-order chi connectivity index (χ0) is 16.0. The molecule has 0 radical (unpaired) electrons. The van der Waals surface area contributed by atoms with Crippen LogP contribution in [0.1, 0.15) is 84.1 Å². The Hall–Kier alpha value is -0.980. The minimum absolute atomic E-state index is 1.22. The maximum absolute atomic E-state index is 2.66. The van der Waals surface area contributed by atoms with Gasteiger partial charge < -0.3 is 4.90 Å². The van der Waals surface area contributed by atoms with E-state index in [4.69, 9.17) is 0 Å². The van der Waals surface area contributed by atoms with Gasteiger partial charge in [-0.2, -0.15) is 0 Å². The van der Waals surface area contributed by atoms with Gasteiger partial charge in [-0.15, -0.1) is 0 Å². The van der Waals surface area contributed by atoms with Gasteiger partial charge in [-0.25, -0.2) is 0 Å². The number of hydrogen-bond acceptors (Lipinski definition) is 1. The van der Waals surface area contributed by atoms with Crippen LogP contribution < -0.4 is 4.90 Å². The fraction of sp³-hybridized carbons (Fsp3) is 0.714. The number of anilines is 1. The summed E-state index contributed by atoms with van der Waals surface area (Å²) < 4.78 is 0. The van der Waals surface area contributed by atoms with Crippen molar-refractivity contribution in [1.82, 2.24) is 0 Å². The summed E-state index contributed by atoms with van der Waals surface area (Å²) >= 11 is 0. The summed E-state index contributed by atoms with van der Waals surface area (Å²) in [5, 5.41) is 0. The second kappa shape index (κ2) is 12.6. The first-order valence-corrected chi connectivity index (χ1v) is 9.66. The third kappa shape index (κ3) is 7.33. The predicted molar refractivity (Wildman–Crippen MR) is 101 cm³/mol. The van der Waals surface area contributed by atoms with Gasteiger partial charge in [0.05, 0.1) is 0 Å². The molecule has 0 saturated carbocycles. The highest BCUT2D eigenvalue weighted by Gasteiger charge is 2.10. The average molecular weight is 304 g/mol. The maximum Gasteiger partial charge on any atom is 0.0398 e. The van der Waals surface area contributed by atoms with Crippen molar-refractivity contribution >= 4 is 5.69 Å². The van der Waals surface area contributed by atoms with E-state index in [0.29, 0.717) is 0 Å². The summed E-state index contributed by atoms with van der Waals surface area (Å²) in [7, 11) is 0. The van der Waals surface area contributed by atoms with Gasteiger partial charge in [-0.05, 0) is 37.3 Å². The molecule has 1 rings (SSSR count). The van der Waals surface area contributed by atoms with E-state index in [-0.39, 0.29) is 0 Å². The molecule has 0 amide bonds. The van der Waals surface area contributed by atoms with Crippen LogP contribution in [0.3, 0.4) is 0 Å². The lowest BCUT2D eigenvalue weighted by Crippen LogP contribution is -2.26. The van der Waals surface area contributed by atoms with Crippen LogP contribution in [0.5, 0.6) is 0 Å². The number of rotatable bonds is 13. The van der Waals surface area contributed by atoms with Gasteiger partial charge in [0.1, 0.15) is 0 Å². The van der Waals surface area contributed by atoms with Crippen molar-refractivity contribution in [3.8, 4) is 0 Å². The minimum Gasteiger partial charge on any atom is -0.371 e. The largest absolute Gasteiger partial charge is 0.371 e. The molecule has 0 heterocycles. The van der Waals surface area contributed by atoms with Crippen molar-refractivity contribution < 1.29 is 0 Å². The molecule has 0 saturated heterocycles. The fourth-order valence-electron chi connectivity index (χ4n) is 3.05. The Labute approximate surface area is 139 Å². The summed E-state index contributed by atoms with van der Waals surface area (Å²) in [5.41, 5.74) is 3.06. The molecule has 0 N–H and O–H groups in total. The molecule has 0 aromatic heterocycles. The Kier molecular flexibility index (Phi) is 10.9. The van der Waals surface area contributed by atoms with E-state index in [0.717, 1.165) is 0 Å².